The maximum atomic E-state index is 5.97. The van der Waals surface area contributed by atoms with Gasteiger partial charge in [-0.3, -0.25) is 0 Å². The first kappa shape index (κ1) is 16.3. The Morgan fingerprint density at radius 3 is 2.48 bits per heavy atom. The molecule has 0 unspecified atom stereocenters. The highest BCUT2D eigenvalue weighted by Crippen LogP contribution is 2.27. The summed E-state index contributed by atoms with van der Waals surface area (Å²) in [7, 11) is 0. The Morgan fingerprint density at radius 2 is 1.86 bits per heavy atom. The maximum absolute atomic E-state index is 5.97. The van der Waals surface area contributed by atoms with Gasteiger partial charge in [0.25, 0.3) is 0 Å². The van der Waals surface area contributed by atoms with Gasteiger partial charge in [0.1, 0.15) is 0 Å². The van der Waals surface area contributed by atoms with Gasteiger partial charge in [0.2, 0.25) is 17.2 Å². The molecule has 1 aromatic heterocycles. The van der Waals surface area contributed by atoms with Crippen LogP contribution in [0.5, 0.6) is 0 Å². The monoisotopic (exact) mass is 389 g/mol. The molecule has 0 aliphatic heterocycles. The molecule has 0 radical (unpaired) electrons. The highest BCUT2D eigenvalue weighted by atomic mass is 79.9. The molecule has 0 atom stereocenters. The van der Waals surface area contributed by atoms with Crippen LogP contribution in [0.4, 0.5) is 17.6 Å². The first-order chi connectivity index (χ1) is 10.0. The lowest BCUT2D eigenvalue weighted by atomic mass is 10.3. The summed E-state index contributed by atoms with van der Waals surface area (Å²) in [6.45, 7) is 5.65. The van der Waals surface area contributed by atoms with Crippen molar-refractivity contribution in [2.24, 2.45) is 0 Å². The second-order valence-corrected chi connectivity index (χ2v) is 5.75. The predicted molar refractivity (Wildman–Crippen MR) is 90.8 cm³/mol. The van der Waals surface area contributed by atoms with Crippen molar-refractivity contribution in [3.63, 3.8) is 0 Å². The molecule has 0 spiro atoms. The predicted octanol–water partition coefficient (Wildman–Crippen LogP) is 4.53. The number of halogens is 3. The van der Waals surface area contributed by atoms with Crippen molar-refractivity contribution >= 4 is 56.7 Å². The van der Waals surface area contributed by atoms with Crippen LogP contribution in [0.25, 0.3) is 0 Å². The van der Waals surface area contributed by atoms with Crippen LogP contribution >= 0.6 is 39.1 Å². The van der Waals surface area contributed by atoms with E-state index < -0.39 is 0 Å². The third kappa shape index (κ3) is 4.18. The summed E-state index contributed by atoms with van der Waals surface area (Å²) in [5.74, 6) is 0.946. The Morgan fingerprint density at radius 1 is 1.14 bits per heavy atom. The summed E-state index contributed by atoms with van der Waals surface area (Å²) >= 11 is 15.3. The molecule has 0 bridgehead atoms. The zero-order valence-electron chi connectivity index (χ0n) is 11.6. The van der Waals surface area contributed by atoms with Gasteiger partial charge in [0.05, 0.1) is 5.02 Å². The molecule has 2 rings (SSSR count). The van der Waals surface area contributed by atoms with Crippen LogP contribution in [0.1, 0.15) is 13.8 Å². The lowest BCUT2D eigenvalue weighted by molar-refractivity contribution is 0.814. The number of rotatable bonds is 5. The normalized spacial score (nSPS) is 10.5. The lowest BCUT2D eigenvalue weighted by Crippen LogP contribution is -2.24. The van der Waals surface area contributed by atoms with Gasteiger partial charge in [-0.25, -0.2) is 0 Å². The van der Waals surface area contributed by atoms with E-state index in [2.05, 4.69) is 36.2 Å². The van der Waals surface area contributed by atoms with Crippen molar-refractivity contribution in [1.82, 2.24) is 15.0 Å². The average molecular weight is 391 g/mol. The molecule has 21 heavy (non-hydrogen) atoms. The second-order valence-electron chi connectivity index (χ2n) is 4.15. The molecule has 1 N–H and O–H groups in total. The minimum Gasteiger partial charge on any atom is -0.341 e. The highest BCUT2D eigenvalue weighted by molar-refractivity contribution is 9.10. The molecule has 0 fully saturated rings. The molecule has 1 heterocycles. The van der Waals surface area contributed by atoms with Crippen molar-refractivity contribution in [1.29, 1.82) is 0 Å². The second kappa shape index (κ2) is 7.24. The number of anilines is 3. The van der Waals surface area contributed by atoms with Gasteiger partial charge in [-0.15, -0.1) is 0 Å². The van der Waals surface area contributed by atoms with Crippen LogP contribution in [0.15, 0.2) is 22.7 Å². The van der Waals surface area contributed by atoms with E-state index in [1.807, 2.05) is 30.9 Å². The Labute approximate surface area is 141 Å². The number of aromatic nitrogens is 3. The summed E-state index contributed by atoms with van der Waals surface area (Å²) in [6.07, 6.45) is 0. The van der Waals surface area contributed by atoms with E-state index in [9.17, 15) is 0 Å². The van der Waals surface area contributed by atoms with Gasteiger partial charge in [-0.05, 0) is 59.6 Å². The highest BCUT2D eigenvalue weighted by Gasteiger charge is 2.10. The molecule has 5 nitrogen and oxygen atoms in total. The SMILES string of the molecule is CCN(CC)c1nc(Cl)nc(Nc2ccc(Cl)c(Br)c2)n1. The van der Waals surface area contributed by atoms with E-state index in [0.717, 1.165) is 23.2 Å². The van der Waals surface area contributed by atoms with Gasteiger partial charge < -0.3 is 10.2 Å². The molecule has 0 aliphatic carbocycles. The van der Waals surface area contributed by atoms with Gasteiger partial charge in [-0.1, -0.05) is 11.6 Å². The van der Waals surface area contributed by atoms with Gasteiger partial charge in [-0.2, -0.15) is 15.0 Å². The van der Waals surface area contributed by atoms with Crippen LogP contribution in [0, 0.1) is 0 Å². The van der Waals surface area contributed by atoms with E-state index in [4.69, 9.17) is 23.2 Å². The van der Waals surface area contributed by atoms with Crippen LogP contribution in [-0.4, -0.2) is 28.0 Å². The molecule has 112 valence electrons. The Hall–Kier alpha value is -1.11. The third-order valence-electron chi connectivity index (χ3n) is 2.82. The zero-order chi connectivity index (χ0) is 15.4. The van der Waals surface area contributed by atoms with E-state index in [0.29, 0.717) is 16.9 Å². The summed E-state index contributed by atoms with van der Waals surface area (Å²) in [5.41, 5.74) is 0.805. The number of hydrogen-bond donors (Lipinski definition) is 1. The molecule has 0 aliphatic rings. The standard InChI is InChI=1S/C13H14BrCl2N5/c1-3-21(4-2)13-19-11(16)18-12(20-13)17-8-5-6-10(15)9(14)7-8/h5-7H,3-4H2,1-2H3,(H,17,18,19,20). The summed E-state index contributed by atoms with van der Waals surface area (Å²) in [5, 5.41) is 3.89. The van der Waals surface area contributed by atoms with E-state index >= 15 is 0 Å². The number of hydrogen-bond acceptors (Lipinski definition) is 5. The van der Waals surface area contributed by atoms with Gasteiger partial charge in [0, 0.05) is 23.2 Å². The minimum atomic E-state index is 0.155. The van der Waals surface area contributed by atoms with Crippen LogP contribution in [-0.2, 0) is 0 Å². The van der Waals surface area contributed by atoms with E-state index in [1.165, 1.54) is 0 Å². The summed E-state index contributed by atoms with van der Waals surface area (Å²) in [4.78, 5) is 14.6. The molecule has 0 amide bonds. The lowest BCUT2D eigenvalue weighted by Gasteiger charge is -2.18. The molecule has 2 aromatic rings. The third-order valence-corrected chi connectivity index (χ3v) is 4.20. The zero-order valence-corrected chi connectivity index (χ0v) is 14.7. The Kier molecular flexibility index (Phi) is 5.61. The van der Waals surface area contributed by atoms with Crippen LogP contribution in [0.3, 0.4) is 0 Å². The van der Waals surface area contributed by atoms with E-state index in [-0.39, 0.29) is 5.28 Å². The molecular weight excluding hydrogens is 377 g/mol. The minimum absolute atomic E-state index is 0.155. The fraction of sp³-hybridized carbons (Fsp3) is 0.308. The molecular formula is C13H14BrCl2N5. The van der Waals surface area contributed by atoms with E-state index in [1.54, 1.807) is 6.07 Å². The Bertz CT molecular complexity index is 634. The van der Waals surface area contributed by atoms with Crippen molar-refractivity contribution in [2.75, 3.05) is 23.3 Å². The largest absolute Gasteiger partial charge is 0.341 e. The summed E-state index contributed by atoms with van der Waals surface area (Å²) in [6, 6.07) is 5.46. The Balaban J connectivity index is 2.29. The smallest absolute Gasteiger partial charge is 0.233 e. The number of nitrogens with one attached hydrogen (secondary N) is 1. The maximum Gasteiger partial charge on any atom is 0.233 e. The van der Waals surface area contributed by atoms with Gasteiger partial charge >= 0.3 is 0 Å². The van der Waals surface area contributed by atoms with Crippen molar-refractivity contribution in [2.45, 2.75) is 13.8 Å². The van der Waals surface area contributed by atoms with Crippen molar-refractivity contribution in [3.05, 3.63) is 33.0 Å². The fourth-order valence-electron chi connectivity index (χ4n) is 1.75. The topological polar surface area (TPSA) is 53.9 Å². The van der Waals surface area contributed by atoms with Crippen LogP contribution in [0.2, 0.25) is 10.3 Å². The number of benzene rings is 1. The fourth-order valence-corrected chi connectivity index (χ4v) is 2.40. The quantitative estimate of drug-likeness (QED) is 0.812. The molecule has 0 saturated heterocycles. The first-order valence-electron chi connectivity index (χ1n) is 6.42. The van der Waals surface area contributed by atoms with Crippen LogP contribution < -0.4 is 10.2 Å². The average Bonchev–Trinajstić information content (AvgIpc) is 2.44. The first-order valence-corrected chi connectivity index (χ1v) is 7.97. The van der Waals surface area contributed by atoms with Gasteiger partial charge in [0.15, 0.2) is 0 Å². The molecule has 1 aromatic carbocycles. The van der Waals surface area contributed by atoms with Crippen molar-refractivity contribution < 1.29 is 0 Å². The molecule has 8 heteroatoms. The number of nitrogens with zero attached hydrogens (tertiary/aromatic N) is 4. The molecule has 0 saturated carbocycles. The summed E-state index contributed by atoms with van der Waals surface area (Å²) < 4.78 is 0.790. The van der Waals surface area contributed by atoms with Crippen molar-refractivity contribution in [3.8, 4) is 0 Å².